The zero-order valence-corrected chi connectivity index (χ0v) is 19.0. The van der Waals surface area contributed by atoms with Crippen LogP contribution in [0.3, 0.4) is 0 Å². The summed E-state index contributed by atoms with van der Waals surface area (Å²) in [6.45, 7) is 0.190. The van der Waals surface area contributed by atoms with Crippen molar-refractivity contribution in [2.75, 3.05) is 11.1 Å². The number of halogens is 2. The van der Waals surface area contributed by atoms with Crippen LogP contribution >= 0.6 is 23.1 Å². The van der Waals surface area contributed by atoms with Crippen molar-refractivity contribution in [2.45, 2.75) is 37.4 Å². The first-order valence-corrected chi connectivity index (χ1v) is 12.2. The molecule has 5 rings (SSSR count). The number of furan rings is 1. The van der Waals surface area contributed by atoms with E-state index in [1.165, 1.54) is 33.1 Å². The minimum atomic E-state index is -0.855. The first kappa shape index (κ1) is 21.8. The number of fused-ring (bicyclic) bond motifs is 3. The second kappa shape index (κ2) is 9.11. The van der Waals surface area contributed by atoms with Gasteiger partial charge in [0.2, 0.25) is 5.91 Å². The molecule has 1 aliphatic rings. The van der Waals surface area contributed by atoms with E-state index in [0.29, 0.717) is 27.2 Å². The number of thioether (sulfide) groups is 1. The molecule has 10 heteroatoms. The van der Waals surface area contributed by atoms with Gasteiger partial charge in [-0.05, 0) is 55.5 Å². The Morgan fingerprint density at radius 3 is 2.88 bits per heavy atom. The number of nitrogens with zero attached hydrogens (tertiary/aromatic N) is 2. The molecule has 0 fully saturated rings. The summed E-state index contributed by atoms with van der Waals surface area (Å²) in [5.41, 5.74) is 0.834. The Hall–Kier alpha value is -2.98. The maximum atomic E-state index is 13.9. The third-order valence-electron chi connectivity index (χ3n) is 5.47. The average molecular weight is 488 g/mol. The molecule has 0 aliphatic heterocycles. The molecule has 0 saturated heterocycles. The van der Waals surface area contributed by atoms with E-state index in [9.17, 15) is 18.4 Å². The van der Waals surface area contributed by atoms with Crippen LogP contribution in [0, 0.1) is 11.6 Å². The van der Waals surface area contributed by atoms with Gasteiger partial charge in [-0.15, -0.1) is 11.3 Å². The summed E-state index contributed by atoms with van der Waals surface area (Å²) in [5, 5.41) is 3.47. The molecule has 1 aliphatic carbocycles. The number of amides is 1. The standard InChI is InChI=1S/C23H19F2N3O3S2/c24-13-7-8-17(16(25)10-13)26-19(29)12-32-23-27-21-20(15-5-1-2-6-18(15)33-21)22(30)28(23)11-14-4-3-9-31-14/h3-4,7-10H,1-2,5-6,11-12H2,(H,26,29). The molecule has 6 nitrogen and oxygen atoms in total. The second-order valence-electron chi connectivity index (χ2n) is 7.72. The predicted molar refractivity (Wildman–Crippen MR) is 124 cm³/mol. The molecular formula is C23H19F2N3O3S2. The summed E-state index contributed by atoms with van der Waals surface area (Å²) in [7, 11) is 0. The summed E-state index contributed by atoms with van der Waals surface area (Å²) in [6.07, 6.45) is 5.50. The minimum absolute atomic E-state index is 0.0992. The van der Waals surface area contributed by atoms with Crippen molar-refractivity contribution >= 4 is 44.9 Å². The van der Waals surface area contributed by atoms with Crippen molar-refractivity contribution in [2.24, 2.45) is 0 Å². The van der Waals surface area contributed by atoms with Gasteiger partial charge in [-0.1, -0.05) is 11.8 Å². The third-order valence-corrected chi connectivity index (χ3v) is 7.63. The Labute approximate surface area is 195 Å². The van der Waals surface area contributed by atoms with E-state index in [-0.39, 0.29) is 23.5 Å². The lowest BCUT2D eigenvalue weighted by Gasteiger charge is -2.13. The fourth-order valence-corrected chi connectivity index (χ4v) is 6.04. The number of benzene rings is 1. The number of aromatic nitrogens is 2. The topological polar surface area (TPSA) is 77.1 Å². The Balaban J connectivity index is 1.45. The molecule has 1 aromatic carbocycles. The Bertz CT molecular complexity index is 1400. The van der Waals surface area contributed by atoms with Crippen LogP contribution in [0.1, 0.15) is 29.0 Å². The molecule has 170 valence electrons. The van der Waals surface area contributed by atoms with Crippen LogP contribution in [-0.2, 0) is 24.2 Å². The highest BCUT2D eigenvalue weighted by atomic mass is 32.2. The van der Waals surface area contributed by atoms with Gasteiger partial charge in [-0.25, -0.2) is 13.8 Å². The predicted octanol–water partition coefficient (Wildman–Crippen LogP) is 4.99. The van der Waals surface area contributed by atoms with Crippen LogP contribution in [-0.4, -0.2) is 21.2 Å². The van der Waals surface area contributed by atoms with Gasteiger partial charge >= 0.3 is 0 Å². The highest BCUT2D eigenvalue weighted by Gasteiger charge is 2.23. The lowest BCUT2D eigenvalue weighted by molar-refractivity contribution is -0.113. The average Bonchev–Trinajstić information content (AvgIpc) is 3.44. The summed E-state index contributed by atoms with van der Waals surface area (Å²) < 4.78 is 33.9. The molecule has 3 aromatic heterocycles. The Kier molecular flexibility index (Phi) is 6.03. The maximum Gasteiger partial charge on any atom is 0.263 e. The zero-order chi connectivity index (χ0) is 22.9. The van der Waals surface area contributed by atoms with Gasteiger partial charge < -0.3 is 9.73 Å². The van der Waals surface area contributed by atoms with Gasteiger partial charge in [0, 0.05) is 10.9 Å². The van der Waals surface area contributed by atoms with Gasteiger partial charge in [-0.3, -0.25) is 14.2 Å². The van der Waals surface area contributed by atoms with Crippen LogP contribution in [0.15, 0.2) is 51.0 Å². The molecule has 0 atom stereocenters. The van der Waals surface area contributed by atoms with Crippen molar-refractivity contribution in [1.82, 2.24) is 9.55 Å². The quantitative estimate of drug-likeness (QED) is 0.306. The van der Waals surface area contributed by atoms with Crippen molar-refractivity contribution in [1.29, 1.82) is 0 Å². The molecule has 33 heavy (non-hydrogen) atoms. The van der Waals surface area contributed by atoms with E-state index in [2.05, 4.69) is 5.32 Å². The lowest BCUT2D eigenvalue weighted by atomic mass is 9.97. The highest BCUT2D eigenvalue weighted by Crippen LogP contribution is 2.35. The maximum absolute atomic E-state index is 13.9. The molecule has 4 aromatic rings. The monoisotopic (exact) mass is 487 g/mol. The second-order valence-corrected chi connectivity index (χ2v) is 9.74. The number of hydrogen-bond donors (Lipinski definition) is 1. The van der Waals surface area contributed by atoms with E-state index in [0.717, 1.165) is 49.1 Å². The van der Waals surface area contributed by atoms with Crippen LogP contribution in [0.25, 0.3) is 10.2 Å². The number of carbonyl (C=O) groups excluding carboxylic acids is 1. The Morgan fingerprint density at radius 2 is 2.09 bits per heavy atom. The van der Waals surface area contributed by atoms with E-state index in [1.807, 2.05) is 0 Å². The number of hydrogen-bond acceptors (Lipinski definition) is 6. The van der Waals surface area contributed by atoms with Crippen LogP contribution < -0.4 is 10.9 Å². The molecular weight excluding hydrogens is 468 g/mol. The Morgan fingerprint density at radius 1 is 1.24 bits per heavy atom. The largest absolute Gasteiger partial charge is 0.467 e. The van der Waals surface area contributed by atoms with Crippen LogP contribution in [0.4, 0.5) is 14.5 Å². The molecule has 0 saturated carbocycles. The first-order valence-electron chi connectivity index (χ1n) is 10.4. The highest BCUT2D eigenvalue weighted by molar-refractivity contribution is 7.99. The first-order chi connectivity index (χ1) is 16.0. The minimum Gasteiger partial charge on any atom is -0.467 e. The molecule has 1 amide bonds. The van der Waals surface area contributed by atoms with Gasteiger partial charge in [0.05, 0.1) is 29.6 Å². The van der Waals surface area contributed by atoms with Gasteiger partial charge in [-0.2, -0.15) is 0 Å². The molecule has 3 heterocycles. The number of thiophene rings is 1. The SMILES string of the molecule is O=C(CSc1nc2sc3c(c2c(=O)n1Cc1ccco1)CCCC3)Nc1ccc(F)cc1F. The van der Waals surface area contributed by atoms with Gasteiger partial charge in [0.25, 0.3) is 5.56 Å². The number of nitrogens with one attached hydrogen (secondary N) is 1. The fraction of sp³-hybridized carbons (Fsp3) is 0.261. The third kappa shape index (κ3) is 4.45. The van der Waals surface area contributed by atoms with Crippen molar-refractivity contribution in [3.8, 4) is 0 Å². The summed E-state index contributed by atoms with van der Waals surface area (Å²) in [5.74, 6) is -1.57. The molecule has 1 N–H and O–H groups in total. The normalized spacial score (nSPS) is 13.3. The van der Waals surface area contributed by atoms with Crippen molar-refractivity contribution < 1.29 is 18.0 Å². The summed E-state index contributed by atoms with van der Waals surface area (Å²) in [6, 6.07) is 6.47. The number of carbonyl (C=O) groups is 1. The van der Waals surface area contributed by atoms with E-state index in [1.54, 1.807) is 12.1 Å². The molecule has 0 radical (unpaired) electrons. The van der Waals surface area contributed by atoms with Crippen LogP contribution in [0.5, 0.6) is 0 Å². The smallest absolute Gasteiger partial charge is 0.263 e. The number of anilines is 1. The van der Waals surface area contributed by atoms with Gasteiger partial charge in [0.1, 0.15) is 22.2 Å². The summed E-state index contributed by atoms with van der Waals surface area (Å²) >= 11 is 2.63. The van der Waals surface area contributed by atoms with Crippen molar-refractivity contribution in [3.63, 3.8) is 0 Å². The molecule has 0 spiro atoms. The molecule has 0 unspecified atom stereocenters. The molecule has 0 bridgehead atoms. The number of aryl methyl sites for hydroxylation is 2. The van der Waals surface area contributed by atoms with Crippen molar-refractivity contribution in [3.05, 3.63) is 74.8 Å². The van der Waals surface area contributed by atoms with E-state index >= 15 is 0 Å². The lowest BCUT2D eigenvalue weighted by Crippen LogP contribution is -2.25. The van der Waals surface area contributed by atoms with Crippen LogP contribution in [0.2, 0.25) is 0 Å². The summed E-state index contributed by atoms with van der Waals surface area (Å²) in [4.78, 5) is 32.6. The van der Waals surface area contributed by atoms with E-state index < -0.39 is 17.5 Å². The van der Waals surface area contributed by atoms with Gasteiger partial charge in [0.15, 0.2) is 5.16 Å². The number of rotatable bonds is 6. The zero-order valence-electron chi connectivity index (χ0n) is 17.4. The fourth-order valence-electron chi connectivity index (χ4n) is 3.94. The van der Waals surface area contributed by atoms with E-state index in [4.69, 9.17) is 9.40 Å².